The van der Waals surface area contributed by atoms with Crippen LogP contribution in [0.15, 0.2) is 30.5 Å². The summed E-state index contributed by atoms with van der Waals surface area (Å²) in [6, 6.07) is 8.77. The largest absolute Gasteiger partial charge is 0.375 e. The maximum Gasteiger partial charge on any atom is 0.180 e. The monoisotopic (exact) mass is 247 g/mol. The van der Waals surface area contributed by atoms with Crippen LogP contribution in [0.1, 0.15) is 29.0 Å². The van der Waals surface area contributed by atoms with E-state index in [4.69, 9.17) is 5.73 Å². The molecule has 0 amide bonds. The Kier molecular flexibility index (Phi) is 3.76. The average molecular weight is 247 g/mol. The van der Waals surface area contributed by atoms with Crippen molar-refractivity contribution < 1.29 is 0 Å². The Morgan fingerprint density at radius 2 is 2.18 bits per heavy atom. The van der Waals surface area contributed by atoms with Crippen molar-refractivity contribution in [3.63, 3.8) is 0 Å². The van der Waals surface area contributed by atoms with E-state index in [1.807, 2.05) is 6.20 Å². The summed E-state index contributed by atoms with van der Waals surface area (Å²) in [7, 11) is 0. The van der Waals surface area contributed by atoms with E-state index in [2.05, 4.69) is 48.4 Å². The second-order valence-corrected chi connectivity index (χ2v) is 5.27. The van der Waals surface area contributed by atoms with Gasteiger partial charge in [0.2, 0.25) is 0 Å². The third-order valence-electron chi connectivity index (χ3n) is 2.81. The van der Waals surface area contributed by atoms with Crippen LogP contribution in [0.4, 0.5) is 5.13 Å². The highest BCUT2D eigenvalue weighted by molar-refractivity contribution is 7.15. The van der Waals surface area contributed by atoms with Crippen LogP contribution in [0.25, 0.3) is 0 Å². The van der Waals surface area contributed by atoms with Crippen LogP contribution in [0, 0.1) is 6.92 Å². The standard InChI is InChI=1S/C13H17N3S/c1-9-5-3-4-6-12(9)10(2)15-7-11-8-16-13(14)17-11/h3-6,8,10,15H,7H2,1-2H3,(H2,14,16). The number of benzene rings is 1. The molecule has 2 aromatic rings. The topological polar surface area (TPSA) is 50.9 Å². The molecular formula is C13H17N3S. The molecule has 1 aromatic heterocycles. The number of anilines is 1. The highest BCUT2D eigenvalue weighted by atomic mass is 32.1. The lowest BCUT2D eigenvalue weighted by Crippen LogP contribution is -2.18. The van der Waals surface area contributed by atoms with Crippen molar-refractivity contribution in [1.82, 2.24) is 10.3 Å². The Morgan fingerprint density at radius 3 is 2.82 bits per heavy atom. The number of nitrogens with zero attached hydrogens (tertiary/aromatic N) is 1. The lowest BCUT2D eigenvalue weighted by Gasteiger charge is -2.15. The van der Waals surface area contributed by atoms with Crippen molar-refractivity contribution in [2.75, 3.05) is 5.73 Å². The predicted molar refractivity (Wildman–Crippen MR) is 73.0 cm³/mol. The van der Waals surface area contributed by atoms with Gasteiger partial charge in [-0.3, -0.25) is 0 Å². The normalized spacial score (nSPS) is 12.6. The molecule has 4 heteroatoms. The van der Waals surface area contributed by atoms with Gasteiger partial charge in [0, 0.05) is 23.7 Å². The SMILES string of the molecule is Cc1ccccc1C(C)NCc1cnc(N)s1. The molecule has 1 aromatic carbocycles. The van der Waals surface area contributed by atoms with Crippen LogP contribution in [0.3, 0.4) is 0 Å². The van der Waals surface area contributed by atoms with Crippen LogP contribution in [-0.2, 0) is 6.54 Å². The summed E-state index contributed by atoms with van der Waals surface area (Å²) in [4.78, 5) is 5.21. The summed E-state index contributed by atoms with van der Waals surface area (Å²) in [6.07, 6.45) is 1.83. The Morgan fingerprint density at radius 1 is 1.41 bits per heavy atom. The molecule has 0 saturated carbocycles. The van der Waals surface area contributed by atoms with Crippen molar-refractivity contribution in [2.45, 2.75) is 26.4 Å². The van der Waals surface area contributed by atoms with E-state index < -0.39 is 0 Å². The van der Waals surface area contributed by atoms with Crippen LogP contribution in [-0.4, -0.2) is 4.98 Å². The number of aromatic nitrogens is 1. The van der Waals surface area contributed by atoms with Crippen molar-refractivity contribution in [2.24, 2.45) is 0 Å². The fraction of sp³-hybridized carbons (Fsp3) is 0.308. The Balaban J connectivity index is 1.98. The molecular weight excluding hydrogens is 230 g/mol. The minimum absolute atomic E-state index is 0.333. The molecule has 0 aliphatic carbocycles. The van der Waals surface area contributed by atoms with Crippen molar-refractivity contribution in [3.05, 3.63) is 46.5 Å². The molecule has 3 N–H and O–H groups in total. The Labute approximate surface area is 106 Å². The zero-order valence-electron chi connectivity index (χ0n) is 10.1. The number of nitrogens with two attached hydrogens (primary N) is 1. The summed E-state index contributed by atoms with van der Waals surface area (Å²) in [5.41, 5.74) is 8.25. The summed E-state index contributed by atoms with van der Waals surface area (Å²) in [6.45, 7) is 5.12. The molecule has 0 aliphatic heterocycles. The van der Waals surface area contributed by atoms with E-state index in [9.17, 15) is 0 Å². The lowest BCUT2D eigenvalue weighted by atomic mass is 10.0. The van der Waals surface area contributed by atoms with E-state index in [-0.39, 0.29) is 0 Å². The highest BCUT2D eigenvalue weighted by Crippen LogP contribution is 2.19. The minimum atomic E-state index is 0.333. The summed E-state index contributed by atoms with van der Waals surface area (Å²) in [5.74, 6) is 0. The number of nitrogens with one attached hydrogen (secondary N) is 1. The van der Waals surface area contributed by atoms with Crippen LogP contribution in [0.5, 0.6) is 0 Å². The van der Waals surface area contributed by atoms with Gasteiger partial charge in [-0.15, -0.1) is 11.3 Å². The molecule has 0 spiro atoms. The van der Waals surface area contributed by atoms with Gasteiger partial charge in [-0.2, -0.15) is 0 Å². The third-order valence-corrected chi connectivity index (χ3v) is 3.64. The fourth-order valence-electron chi connectivity index (χ4n) is 1.84. The molecule has 90 valence electrons. The van der Waals surface area contributed by atoms with Crippen molar-refractivity contribution >= 4 is 16.5 Å². The third kappa shape index (κ3) is 3.05. The summed E-state index contributed by atoms with van der Waals surface area (Å²) in [5, 5.41) is 4.11. The molecule has 0 aliphatic rings. The molecule has 3 nitrogen and oxygen atoms in total. The van der Waals surface area contributed by atoms with E-state index in [1.54, 1.807) is 0 Å². The molecule has 0 bridgehead atoms. The van der Waals surface area contributed by atoms with E-state index in [0.717, 1.165) is 6.54 Å². The minimum Gasteiger partial charge on any atom is -0.375 e. The molecule has 1 heterocycles. The fourth-order valence-corrected chi connectivity index (χ4v) is 2.48. The molecule has 0 saturated heterocycles. The van der Waals surface area contributed by atoms with Gasteiger partial charge in [0.25, 0.3) is 0 Å². The van der Waals surface area contributed by atoms with Gasteiger partial charge in [0.15, 0.2) is 5.13 Å². The maximum absolute atomic E-state index is 5.60. The number of hydrogen-bond acceptors (Lipinski definition) is 4. The number of aryl methyl sites for hydroxylation is 1. The number of hydrogen-bond donors (Lipinski definition) is 2. The summed E-state index contributed by atoms with van der Waals surface area (Å²) < 4.78 is 0. The zero-order chi connectivity index (χ0) is 12.3. The van der Waals surface area contributed by atoms with Gasteiger partial charge < -0.3 is 11.1 Å². The van der Waals surface area contributed by atoms with Gasteiger partial charge in [0.1, 0.15) is 0 Å². The Bertz CT molecular complexity index is 493. The quantitative estimate of drug-likeness (QED) is 0.873. The van der Waals surface area contributed by atoms with Gasteiger partial charge >= 0.3 is 0 Å². The number of rotatable bonds is 4. The van der Waals surface area contributed by atoms with Crippen LogP contribution < -0.4 is 11.1 Å². The van der Waals surface area contributed by atoms with E-state index in [1.165, 1.54) is 27.3 Å². The molecule has 0 fully saturated rings. The van der Waals surface area contributed by atoms with Gasteiger partial charge in [-0.25, -0.2) is 4.98 Å². The van der Waals surface area contributed by atoms with Gasteiger partial charge in [0.05, 0.1) is 0 Å². The van der Waals surface area contributed by atoms with Crippen LogP contribution in [0.2, 0.25) is 0 Å². The molecule has 0 radical (unpaired) electrons. The maximum atomic E-state index is 5.60. The van der Waals surface area contributed by atoms with Crippen molar-refractivity contribution in [3.8, 4) is 0 Å². The zero-order valence-corrected chi connectivity index (χ0v) is 10.9. The molecule has 1 atom stereocenters. The first-order valence-corrected chi connectivity index (χ1v) is 6.47. The smallest absolute Gasteiger partial charge is 0.180 e. The summed E-state index contributed by atoms with van der Waals surface area (Å²) >= 11 is 1.53. The second-order valence-electron chi connectivity index (χ2n) is 4.12. The highest BCUT2D eigenvalue weighted by Gasteiger charge is 2.07. The first kappa shape index (κ1) is 12.1. The van der Waals surface area contributed by atoms with Gasteiger partial charge in [-0.05, 0) is 25.0 Å². The molecule has 1 unspecified atom stereocenters. The van der Waals surface area contributed by atoms with Gasteiger partial charge in [-0.1, -0.05) is 24.3 Å². The number of thiazole rings is 1. The van der Waals surface area contributed by atoms with E-state index >= 15 is 0 Å². The van der Waals surface area contributed by atoms with Crippen molar-refractivity contribution in [1.29, 1.82) is 0 Å². The predicted octanol–water partition coefficient (Wildman–Crippen LogP) is 2.88. The number of nitrogen functional groups attached to an aromatic ring is 1. The van der Waals surface area contributed by atoms with E-state index in [0.29, 0.717) is 11.2 Å². The van der Waals surface area contributed by atoms with Crippen LogP contribution >= 0.6 is 11.3 Å². The molecule has 17 heavy (non-hydrogen) atoms. The first-order chi connectivity index (χ1) is 8.16. The molecule has 2 rings (SSSR count). The first-order valence-electron chi connectivity index (χ1n) is 5.66. The average Bonchev–Trinajstić information content (AvgIpc) is 2.73. The second kappa shape index (κ2) is 5.29. The lowest BCUT2D eigenvalue weighted by molar-refractivity contribution is 0.576. The Hall–Kier alpha value is -1.39.